The van der Waals surface area contributed by atoms with E-state index in [4.69, 9.17) is 13.8 Å². The number of likely N-dealkylation sites (N-methyl/N-ethyl adjacent to an activating group) is 1. The quantitative estimate of drug-likeness (QED) is 0.0212. The van der Waals surface area contributed by atoms with Crippen LogP contribution in [0.2, 0.25) is 0 Å². The van der Waals surface area contributed by atoms with E-state index in [9.17, 15) is 19.0 Å². The summed E-state index contributed by atoms with van der Waals surface area (Å²) in [6.07, 6.45) is 53.8. The Kier molecular flexibility index (Phi) is 45.7. The monoisotopic (exact) mass is 951 g/mol. The van der Waals surface area contributed by atoms with Gasteiger partial charge in [-0.15, -0.1) is 0 Å². The summed E-state index contributed by atoms with van der Waals surface area (Å²) in [7, 11) is 1.19. The number of rotatable bonds is 50. The van der Waals surface area contributed by atoms with Gasteiger partial charge in [0.2, 0.25) is 5.91 Å². The molecule has 10 heteroatoms. The maximum Gasteiger partial charge on any atom is 0.306 e. The molecule has 0 spiro atoms. The van der Waals surface area contributed by atoms with Gasteiger partial charge in [-0.3, -0.25) is 14.2 Å². The molecule has 9 nitrogen and oxygen atoms in total. The number of hydrogen-bond donors (Lipinski definition) is 1. The Morgan fingerprint density at radius 3 is 1.44 bits per heavy atom. The Balaban J connectivity index is 5.40. The first kappa shape index (κ1) is 64.2. The van der Waals surface area contributed by atoms with Crippen molar-refractivity contribution >= 4 is 19.7 Å². The first-order valence-corrected chi connectivity index (χ1v) is 29.3. The highest BCUT2D eigenvalue weighted by atomic mass is 31.2. The number of hydrogen-bond acceptors (Lipinski definition) is 7. The molecule has 0 saturated heterocycles. The summed E-state index contributed by atoms with van der Waals surface area (Å²) in [6, 6.07) is -0.885. The second-order valence-corrected chi connectivity index (χ2v) is 21.5. The minimum Gasteiger partial charge on any atom is -0.756 e. The number of carbonyl (C=O) groups is 2. The lowest BCUT2D eigenvalue weighted by molar-refractivity contribution is -0.870. The SMILES string of the molecule is CC/C=C/C/C=C/CCCCCCCCCC(=O)OC(/C=C/CCCCCCCCCCCCC)C(COP(=O)([O-])OCC[N+](C)(C)C)NC(=O)CCCCCCCCCCCCCCC. The molecule has 1 amide bonds. The van der Waals surface area contributed by atoms with Crippen LogP contribution < -0.4 is 10.2 Å². The molecule has 0 bridgehead atoms. The fraction of sp³-hybridized carbons (Fsp3) is 0.857. The number of amides is 1. The molecule has 3 unspecified atom stereocenters. The highest BCUT2D eigenvalue weighted by molar-refractivity contribution is 7.45. The van der Waals surface area contributed by atoms with Crippen LogP contribution in [0.25, 0.3) is 0 Å². The number of nitrogens with zero attached hydrogens (tertiary/aromatic N) is 1. The van der Waals surface area contributed by atoms with Crippen molar-refractivity contribution in [3.63, 3.8) is 0 Å². The van der Waals surface area contributed by atoms with E-state index in [1.54, 1.807) is 0 Å². The van der Waals surface area contributed by atoms with E-state index in [1.807, 2.05) is 33.3 Å². The van der Waals surface area contributed by atoms with Gasteiger partial charge in [0.15, 0.2) is 0 Å². The summed E-state index contributed by atoms with van der Waals surface area (Å²) < 4.78 is 30.2. The zero-order valence-corrected chi connectivity index (χ0v) is 45.0. The molecule has 66 heavy (non-hydrogen) atoms. The molecule has 1 N–H and O–H groups in total. The van der Waals surface area contributed by atoms with Crippen molar-refractivity contribution in [1.82, 2.24) is 5.32 Å². The second-order valence-electron chi connectivity index (χ2n) is 20.1. The molecule has 0 aromatic heterocycles. The number of unbranched alkanes of at least 4 members (excludes halogenated alkanes) is 30. The summed E-state index contributed by atoms with van der Waals surface area (Å²) in [5.41, 5.74) is 0. The number of esters is 1. The van der Waals surface area contributed by atoms with E-state index in [0.29, 0.717) is 17.4 Å². The first-order chi connectivity index (χ1) is 31.9. The van der Waals surface area contributed by atoms with E-state index < -0.39 is 20.0 Å². The molecular weight excluding hydrogens is 844 g/mol. The van der Waals surface area contributed by atoms with Gasteiger partial charge in [-0.2, -0.15) is 0 Å². The first-order valence-electron chi connectivity index (χ1n) is 27.8. The van der Waals surface area contributed by atoms with Gasteiger partial charge in [0, 0.05) is 12.8 Å². The maximum atomic E-state index is 13.4. The molecule has 0 aromatic carbocycles. The zero-order valence-electron chi connectivity index (χ0n) is 44.2. The van der Waals surface area contributed by atoms with Gasteiger partial charge < -0.3 is 28.5 Å². The lowest BCUT2D eigenvalue weighted by Gasteiger charge is -2.30. The second kappa shape index (κ2) is 46.9. The average molecular weight is 951 g/mol. The van der Waals surface area contributed by atoms with Crippen molar-refractivity contribution < 1.29 is 37.3 Å². The average Bonchev–Trinajstić information content (AvgIpc) is 3.27. The van der Waals surface area contributed by atoms with Crippen LogP contribution >= 0.6 is 7.82 Å². The summed E-state index contributed by atoms with van der Waals surface area (Å²) in [4.78, 5) is 39.8. The molecule has 0 saturated carbocycles. The Morgan fingerprint density at radius 2 is 0.970 bits per heavy atom. The van der Waals surface area contributed by atoms with Crippen LogP contribution in [0.5, 0.6) is 0 Å². The summed E-state index contributed by atoms with van der Waals surface area (Å²) in [5.74, 6) is -0.543. The van der Waals surface area contributed by atoms with E-state index >= 15 is 0 Å². The van der Waals surface area contributed by atoms with Gasteiger partial charge in [0.1, 0.15) is 19.3 Å². The van der Waals surface area contributed by atoms with Crippen molar-refractivity contribution in [2.75, 3.05) is 40.9 Å². The third-order valence-electron chi connectivity index (χ3n) is 12.3. The van der Waals surface area contributed by atoms with Crippen LogP contribution in [0.15, 0.2) is 36.5 Å². The Bertz CT molecular complexity index is 1230. The lowest BCUT2D eigenvalue weighted by Crippen LogP contribution is -2.47. The predicted octanol–water partition coefficient (Wildman–Crippen LogP) is 15.8. The molecule has 0 radical (unpaired) electrons. The van der Waals surface area contributed by atoms with Crippen LogP contribution in [-0.4, -0.2) is 69.4 Å². The van der Waals surface area contributed by atoms with Crippen molar-refractivity contribution in [2.45, 2.75) is 270 Å². The van der Waals surface area contributed by atoms with E-state index in [2.05, 4.69) is 50.4 Å². The molecule has 0 heterocycles. The van der Waals surface area contributed by atoms with Crippen LogP contribution in [0.1, 0.15) is 258 Å². The largest absolute Gasteiger partial charge is 0.756 e. The maximum absolute atomic E-state index is 13.4. The molecule has 3 atom stereocenters. The molecule has 0 aliphatic carbocycles. The number of ether oxygens (including phenoxy) is 1. The fourth-order valence-corrected chi connectivity index (χ4v) is 8.75. The van der Waals surface area contributed by atoms with Crippen LogP contribution in [0, 0.1) is 0 Å². The number of allylic oxidation sites excluding steroid dienone is 5. The minimum atomic E-state index is -4.69. The van der Waals surface area contributed by atoms with E-state index in [1.165, 1.54) is 141 Å². The number of phosphoric ester groups is 1. The molecule has 0 rings (SSSR count). The third kappa shape index (κ3) is 47.3. The van der Waals surface area contributed by atoms with Crippen molar-refractivity contribution in [1.29, 1.82) is 0 Å². The standard InChI is InChI=1S/C56H107N2O7P/c1-7-10-13-16-19-22-25-28-31-34-37-40-43-46-49-56(60)65-54(47-44-41-38-35-32-29-26-23-20-17-14-11-8-2)53(52-64-66(61,62)63-51-50-58(4,5)6)57-55(59)48-45-42-39-36-33-30-27-24-21-18-15-12-9-3/h10,13,19,22,44,47,53-54H,7-9,11-12,14-18,20-21,23-43,45-46,48-52H2,1-6H3,(H-,57,59,61,62)/b13-10+,22-19+,47-44+. The smallest absolute Gasteiger partial charge is 0.306 e. The fourth-order valence-electron chi connectivity index (χ4n) is 8.03. The minimum absolute atomic E-state index is 0.0217. The van der Waals surface area contributed by atoms with Crippen LogP contribution in [-0.2, 0) is 27.9 Å². The number of phosphoric acid groups is 1. The van der Waals surface area contributed by atoms with E-state index in [-0.39, 0.29) is 31.5 Å². The Hall–Kier alpha value is -1.77. The molecule has 388 valence electrons. The van der Waals surface area contributed by atoms with Crippen molar-refractivity contribution in [3.05, 3.63) is 36.5 Å². The molecule has 0 aliphatic heterocycles. The van der Waals surface area contributed by atoms with Crippen molar-refractivity contribution in [3.8, 4) is 0 Å². The summed E-state index contributed by atoms with van der Waals surface area (Å²) in [6.45, 7) is 6.74. The van der Waals surface area contributed by atoms with Gasteiger partial charge in [-0.25, -0.2) is 0 Å². The topological polar surface area (TPSA) is 114 Å². The molecule has 0 aromatic rings. The Labute approximate surface area is 408 Å². The zero-order chi connectivity index (χ0) is 48.7. The highest BCUT2D eigenvalue weighted by Gasteiger charge is 2.27. The van der Waals surface area contributed by atoms with E-state index in [0.717, 1.165) is 83.5 Å². The molecular formula is C56H107N2O7P. The van der Waals surface area contributed by atoms with Gasteiger partial charge >= 0.3 is 5.97 Å². The van der Waals surface area contributed by atoms with Crippen LogP contribution in [0.3, 0.4) is 0 Å². The number of nitrogens with one attached hydrogen (secondary N) is 1. The van der Waals surface area contributed by atoms with Gasteiger partial charge in [0.25, 0.3) is 7.82 Å². The predicted molar refractivity (Wildman–Crippen MR) is 279 cm³/mol. The van der Waals surface area contributed by atoms with Crippen molar-refractivity contribution in [2.24, 2.45) is 0 Å². The summed E-state index contributed by atoms with van der Waals surface area (Å²) in [5, 5.41) is 3.02. The van der Waals surface area contributed by atoms with Gasteiger partial charge in [-0.05, 0) is 57.4 Å². The third-order valence-corrected chi connectivity index (χ3v) is 13.3. The normalized spacial score (nSPS) is 14.1. The highest BCUT2D eigenvalue weighted by Crippen LogP contribution is 2.38. The number of carbonyl (C=O) groups excluding carboxylic acids is 2. The lowest BCUT2D eigenvalue weighted by atomic mass is 10.0. The molecule has 0 aliphatic rings. The van der Waals surface area contributed by atoms with Gasteiger partial charge in [0.05, 0.1) is 33.8 Å². The Morgan fingerprint density at radius 1 is 0.545 bits per heavy atom. The van der Waals surface area contributed by atoms with Crippen LogP contribution in [0.4, 0.5) is 0 Å². The van der Waals surface area contributed by atoms with Gasteiger partial charge in [-0.1, -0.05) is 225 Å². The summed E-state index contributed by atoms with van der Waals surface area (Å²) >= 11 is 0. The molecule has 0 fully saturated rings. The number of quaternary nitrogens is 1.